The number of ether oxygens (including phenoxy) is 1. The van der Waals surface area contributed by atoms with Gasteiger partial charge in [-0.2, -0.15) is 0 Å². The van der Waals surface area contributed by atoms with Crippen molar-refractivity contribution in [2.24, 2.45) is 0 Å². The molecule has 6 heteroatoms. The molecule has 1 aliphatic rings. The fourth-order valence-corrected chi connectivity index (χ4v) is 2.87. The minimum atomic E-state index is -0.452. The van der Waals surface area contributed by atoms with Gasteiger partial charge in [0.2, 0.25) is 11.8 Å². The van der Waals surface area contributed by atoms with E-state index < -0.39 is 6.04 Å². The first kappa shape index (κ1) is 17.4. The van der Waals surface area contributed by atoms with E-state index in [2.05, 4.69) is 22.3 Å². The molecule has 1 saturated heterocycles. The summed E-state index contributed by atoms with van der Waals surface area (Å²) in [6.07, 6.45) is 0.938. The smallest absolute Gasteiger partial charge is 0.249 e. The van der Waals surface area contributed by atoms with E-state index in [9.17, 15) is 9.59 Å². The minimum Gasteiger partial charge on any atom is -0.375 e. The number of carbonyl (C=O) groups is 2. The Morgan fingerprint density at radius 1 is 1.26 bits per heavy atom. The molecule has 6 nitrogen and oxygen atoms in total. The lowest BCUT2D eigenvalue weighted by Gasteiger charge is -2.40. The molecule has 0 saturated carbocycles. The summed E-state index contributed by atoms with van der Waals surface area (Å²) in [5.74, 6) is -0.261. The van der Waals surface area contributed by atoms with Crippen LogP contribution >= 0.6 is 0 Å². The fourth-order valence-electron chi connectivity index (χ4n) is 2.87. The average molecular weight is 319 g/mol. The number of likely N-dealkylation sites (N-methyl/N-ethyl adjacent to an activating group) is 1. The standard InChI is InChI=1S/C17H25N3O3/c1-18-17(22)15-12-19(9-8-14-6-4-3-5-7-14)10-11-20(15)16(21)13-23-2/h3-7,15H,8-13H2,1-2H3,(H,18,22)/t15-/m0/s1. The van der Waals surface area contributed by atoms with E-state index in [0.717, 1.165) is 19.5 Å². The molecule has 126 valence electrons. The van der Waals surface area contributed by atoms with Crippen LogP contribution in [0.2, 0.25) is 0 Å². The largest absolute Gasteiger partial charge is 0.375 e. The second kappa shape index (κ2) is 8.64. The minimum absolute atomic E-state index is 0.0114. The van der Waals surface area contributed by atoms with Crippen molar-refractivity contribution in [1.82, 2.24) is 15.1 Å². The number of hydrogen-bond acceptors (Lipinski definition) is 4. The van der Waals surface area contributed by atoms with Gasteiger partial charge in [0.25, 0.3) is 0 Å². The Bertz CT molecular complexity index is 521. The van der Waals surface area contributed by atoms with Gasteiger partial charge < -0.3 is 15.0 Å². The Kier molecular flexibility index (Phi) is 6.55. The number of carbonyl (C=O) groups excluding carboxylic acids is 2. The van der Waals surface area contributed by atoms with Crippen LogP contribution in [0.4, 0.5) is 0 Å². The molecule has 0 unspecified atom stereocenters. The van der Waals surface area contributed by atoms with Crippen molar-refractivity contribution in [2.75, 3.05) is 46.9 Å². The van der Waals surface area contributed by atoms with Crippen molar-refractivity contribution in [1.29, 1.82) is 0 Å². The SMILES string of the molecule is CNC(=O)[C@@H]1CN(CCc2ccccc2)CCN1C(=O)COC. The second-order valence-electron chi connectivity index (χ2n) is 5.69. The van der Waals surface area contributed by atoms with Gasteiger partial charge >= 0.3 is 0 Å². The lowest BCUT2D eigenvalue weighted by atomic mass is 10.1. The van der Waals surface area contributed by atoms with E-state index >= 15 is 0 Å². The average Bonchev–Trinajstić information content (AvgIpc) is 2.60. The Morgan fingerprint density at radius 3 is 2.65 bits per heavy atom. The maximum atomic E-state index is 12.1. The van der Waals surface area contributed by atoms with E-state index in [-0.39, 0.29) is 18.4 Å². The highest BCUT2D eigenvalue weighted by molar-refractivity contribution is 5.88. The van der Waals surface area contributed by atoms with Gasteiger partial charge in [0.05, 0.1) is 0 Å². The van der Waals surface area contributed by atoms with Crippen molar-refractivity contribution in [3.63, 3.8) is 0 Å². The van der Waals surface area contributed by atoms with E-state index in [1.807, 2.05) is 18.2 Å². The number of nitrogens with one attached hydrogen (secondary N) is 1. The van der Waals surface area contributed by atoms with Gasteiger partial charge in [0.15, 0.2) is 0 Å². The summed E-state index contributed by atoms with van der Waals surface area (Å²) in [6, 6.07) is 9.83. The van der Waals surface area contributed by atoms with Crippen molar-refractivity contribution in [3.8, 4) is 0 Å². The molecule has 0 radical (unpaired) electrons. The maximum Gasteiger partial charge on any atom is 0.249 e. The van der Waals surface area contributed by atoms with Crippen LogP contribution in [0.5, 0.6) is 0 Å². The quantitative estimate of drug-likeness (QED) is 0.810. The molecule has 0 spiro atoms. The summed E-state index contributed by atoms with van der Waals surface area (Å²) >= 11 is 0. The number of rotatable bonds is 6. The normalized spacial score (nSPS) is 18.7. The molecule has 2 rings (SSSR count). The van der Waals surface area contributed by atoms with Crippen LogP contribution in [-0.4, -0.2) is 74.6 Å². The number of amides is 2. The molecule has 23 heavy (non-hydrogen) atoms. The molecule has 0 aromatic heterocycles. The molecule has 1 heterocycles. The van der Waals surface area contributed by atoms with E-state index in [1.54, 1.807) is 11.9 Å². The molecular weight excluding hydrogens is 294 g/mol. The number of hydrogen-bond donors (Lipinski definition) is 1. The zero-order valence-electron chi connectivity index (χ0n) is 13.8. The third-order valence-corrected chi connectivity index (χ3v) is 4.16. The summed E-state index contributed by atoms with van der Waals surface area (Å²) in [6.45, 7) is 2.77. The number of methoxy groups -OCH3 is 1. The van der Waals surface area contributed by atoms with Gasteiger partial charge in [-0.3, -0.25) is 14.5 Å². The Morgan fingerprint density at radius 2 is 2.00 bits per heavy atom. The summed E-state index contributed by atoms with van der Waals surface area (Å²) in [4.78, 5) is 28.1. The Labute approximate surface area is 137 Å². The summed E-state index contributed by atoms with van der Waals surface area (Å²) < 4.78 is 4.91. The summed E-state index contributed by atoms with van der Waals surface area (Å²) in [5.41, 5.74) is 1.28. The first-order valence-electron chi connectivity index (χ1n) is 7.92. The zero-order chi connectivity index (χ0) is 16.7. The van der Waals surface area contributed by atoms with Crippen LogP contribution < -0.4 is 5.32 Å². The van der Waals surface area contributed by atoms with Crippen LogP contribution in [0.25, 0.3) is 0 Å². The molecule has 0 bridgehead atoms. The molecule has 1 aromatic rings. The number of nitrogens with zero attached hydrogens (tertiary/aromatic N) is 2. The van der Waals surface area contributed by atoms with E-state index in [4.69, 9.17) is 4.74 Å². The monoisotopic (exact) mass is 319 g/mol. The molecular formula is C17H25N3O3. The van der Waals surface area contributed by atoms with Crippen molar-refractivity contribution in [2.45, 2.75) is 12.5 Å². The lowest BCUT2D eigenvalue weighted by Crippen LogP contribution is -2.61. The molecule has 0 aliphatic carbocycles. The Hall–Kier alpha value is -1.92. The predicted molar refractivity (Wildman–Crippen MR) is 88.0 cm³/mol. The van der Waals surface area contributed by atoms with E-state index in [0.29, 0.717) is 13.1 Å². The van der Waals surface area contributed by atoms with Crippen LogP contribution in [0.15, 0.2) is 30.3 Å². The molecule has 1 aliphatic heterocycles. The van der Waals surface area contributed by atoms with Gasteiger partial charge in [-0.25, -0.2) is 0 Å². The van der Waals surface area contributed by atoms with Crippen molar-refractivity contribution in [3.05, 3.63) is 35.9 Å². The van der Waals surface area contributed by atoms with Crippen molar-refractivity contribution >= 4 is 11.8 Å². The zero-order valence-corrected chi connectivity index (χ0v) is 13.8. The van der Waals surface area contributed by atoms with Gasteiger partial charge in [-0.1, -0.05) is 30.3 Å². The topological polar surface area (TPSA) is 61.9 Å². The summed E-state index contributed by atoms with van der Waals surface area (Å²) in [7, 11) is 3.09. The predicted octanol–water partition coefficient (Wildman–Crippen LogP) is 0.134. The van der Waals surface area contributed by atoms with Crippen LogP contribution in [0.1, 0.15) is 5.56 Å². The third kappa shape index (κ3) is 4.77. The first-order chi connectivity index (χ1) is 11.2. The molecule has 1 atom stereocenters. The highest BCUT2D eigenvalue weighted by Crippen LogP contribution is 2.12. The van der Waals surface area contributed by atoms with Gasteiger partial charge in [-0.15, -0.1) is 0 Å². The highest BCUT2D eigenvalue weighted by atomic mass is 16.5. The van der Waals surface area contributed by atoms with Crippen LogP contribution in [-0.2, 0) is 20.7 Å². The molecule has 2 amide bonds. The van der Waals surface area contributed by atoms with E-state index in [1.165, 1.54) is 12.7 Å². The summed E-state index contributed by atoms with van der Waals surface area (Å²) in [5, 5.41) is 2.66. The van der Waals surface area contributed by atoms with Crippen LogP contribution in [0.3, 0.4) is 0 Å². The third-order valence-electron chi connectivity index (χ3n) is 4.16. The van der Waals surface area contributed by atoms with Crippen molar-refractivity contribution < 1.29 is 14.3 Å². The van der Waals surface area contributed by atoms with Gasteiger partial charge in [-0.05, 0) is 12.0 Å². The van der Waals surface area contributed by atoms with Gasteiger partial charge in [0, 0.05) is 40.3 Å². The fraction of sp³-hybridized carbons (Fsp3) is 0.529. The van der Waals surface area contributed by atoms with Crippen LogP contribution in [0, 0.1) is 0 Å². The second-order valence-corrected chi connectivity index (χ2v) is 5.69. The molecule has 1 fully saturated rings. The molecule has 1 aromatic carbocycles. The Balaban J connectivity index is 1.96. The van der Waals surface area contributed by atoms with Gasteiger partial charge in [0.1, 0.15) is 12.6 Å². The number of piperazine rings is 1. The number of benzene rings is 1. The maximum absolute atomic E-state index is 12.1. The highest BCUT2D eigenvalue weighted by Gasteiger charge is 2.34. The molecule has 1 N–H and O–H groups in total. The first-order valence-corrected chi connectivity index (χ1v) is 7.92. The lowest BCUT2D eigenvalue weighted by molar-refractivity contribution is -0.146.